The lowest BCUT2D eigenvalue weighted by Gasteiger charge is -2.19. The summed E-state index contributed by atoms with van der Waals surface area (Å²) in [5.74, 6) is 1.39. The maximum Gasteiger partial charge on any atom is 0.251 e. The minimum atomic E-state index is -0.125. The van der Waals surface area contributed by atoms with Crippen LogP contribution < -0.4 is 14.8 Å². The van der Waals surface area contributed by atoms with Gasteiger partial charge in [0.05, 0.1) is 12.6 Å². The SMILES string of the molecule is CCOc1ccc(C(=O)N[C@@H](C)c2ccccc2)cc1COc1ccc(C(C)(C)C)cc1. The molecule has 0 aliphatic carbocycles. The van der Waals surface area contributed by atoms with Crippen LogP contribution in [-0.4, -0.2) is 12.5 Å². The number of amides is 1. The number of nitrogens with one attached hydrogen (secondary N) is 1. The van der Waals surface area contributed by atoms with Gasteiger partial charge in [-0.2, -0.15) is 0 Å². The van der Waals surface area contributed by atoms with Gasteiger partial charge in [0.25, 0.3) is 5.91 Å². The van der Waals surface area contributed by atoms with Crippen LogP contribution >= 0.6 is 0 Å². The molecule has 0 unspecified atom stereocenters. The van der Waals surface area contributed by atoms with Gasteiger partial charge in [0, 0.05) is 11.1 Å². The molecular formula is C28H33NO3. The van der Waals surface area contributed by atoms with Crippen molar-refractivity contribution in [2.24, 2.45) is 0 Å². The number of hydrogen-bond donors (Lipinski definition) is 1. The monoisotopic (exact) mass is 431 g/mol. The van der Waals surface area contributed by atoms with E-state index in [-0.39, 0.29) is 17.4 Å². The molecule has 32 heavy (non-hydrogen) atoms. The van der Waals surface area contributed by atoms with Gasteiger partial charge in [-0.3, -0.25) is 4.79 Å². The summed E-state index contributed by atoms with van der Waals surface area (Å²) in [6.45, 7) is 11.3. The van der Waals surface area contributed by atoms with Crippen LogP contribution in [0.4, 0.5) is 0 Å². The second-order valence-corrected chi connectivity index (χ2v) is 8.92. The first-order chi connectivity index (χ1) is 15.3. The molecule has 0 aromatic heterocycles. The third-order valence-electron chi connectivity index (χ3n) is 5.38. The minimum absolute atomic E-state index is 0.0868. The van der Waals surface area contributed by atoms with Gasteiger partial charge in [-0.15, -0.1) is 0 Å². The number of carbonyl (C=O) groups is 1. The van der Waals surface area contributed by atoms with E-state index >= 15 is 0 Å². The minimum Gasteiger partial charge on any atom is -0.493 e. The highest BCUT2D eigenvalue weighted by Gasteiger charge is 2.15. The third kappa shape index (κ3) is 6.13. The summed E-state index contributed by atoms with van der Waals surface area (Å²) in [7, 11) is 0. The summed E-state index contributed by atoms with van der Waals surface area (Å²) in [6.07, 6.45) is 0. The van der Waals surface area contributed by atoms with Crippen LogP contribution in [-0.2, 0) is 12.0 Å². The molecule has 0 fully saturated rings. The lowest BCUT2D eigenvalue weighted by molar-refractivity contribution is 0.0939. The molecule has 0 spiro atoms. The van der Waals surface area contributed by atoms with E-state index in [1.807, 2.05) is 68.4 Å². The highest BCUT2D eigenvalue weighted by molar-refractivity contribution is 5.94. The van der Waals surface area contributed by atoms with Crippen molar-refractivity contribution in [1.82, 2.24) is 5.32 Å². The molecular weight excluding hydrogens is 398 g/mol. The first-order valence-electron chi connectivity index (χ1n) is 11.1. The molecule has 1 N–H and O–H groups in total. The summed E-state index contributed by atoms with van der Waals surface area (Å²) < 4.78 is 11.8. The van der Waals surface area contributed by atoms with E-state index < -0.39 is 0 Å². The molecule has 4 nitrogen and oxygen atoms in total. The molecule has 0 bridgehead atoms. The number of carbonyl (C=O) groups excluding carboxylic acids is 1. The number of hydrogen-bond acceptors (Lipinski definition) is 3. The average molecular weight is 432 g/mol. The second kappa shape index (κ2) is 10.4. The Morgan fingerprint density at radius 1 is 0.938 bits per heavy atom. The summed E-state index contributed by atoms with van der Waals surface area (Å²) in [5, 5.41) is 3.06. The van der Waals surface area contributed by atoms with Gasteiger partial charge in [-0.1, -0.05) is 63.2 Å². The Hall–Kier alpha value is -3.27. The zero-order valence-corrected chi connectivity index (χ0v) is 19.6. The predicted molar refractivity (Wildman–Crippen MR) is 129 cm³/mol. The van der Waals surface area contributed by atoms with Crippen molar-refractivity contribution in [2.75, 3.05) is 6.61 Å². The maximum absolute atomic E-state index is 12.9. The molecule has 0 radical (unpaired) electrons. The van der Waals surface area contributed by atoms with Gasteiger partial charge < -0.3 is 14.8 Å². The second-order valence-electron chi connectivity index (χ2n) is 8.92. The van der Waals surface area contributed by atoms with Crippen molar-refractivity contribution in [3.05, 3.63) is 95.1 Å². The third-order valence-corrected chi connectivity index (χ3v) is 5.38. The van der Waals surface area contributed by atoms with E-state index in [0.29, 0.717) is 18.8 Å². The van der Waals surface area contributed by atoms with Gasteiger partial charge in [0.1, 0.15) is 18.1 Å². The Bertz CT molecular complexity index is 1020. The maximum atomic E-state index is 12.9. The molecule has 4 heteroatoms. The number of benzene rings is 3. The lowest BCUT2D eigenvalue weighted by atomic mass is 9.87. The summed E-state index contributed by atoms with van der Waals surface area (Å²) >= 11 is 0. The quantitative estimate of drug-likeness (QED) is 0.446. The largest absolute Gasteiger partial charge is 0.493 e. The van der Waals surface area contributed by atoms with Crippen molar-refractivity contribution < 1.29 is 14.3 Å². The van der Waals surface area contributed by atoms with Crippen LogP contribution in [0.2, 0.25) is 0 Å². The van der Waals surface area contributed by atoms with Gasteiger partial charge in [-0.05, 0) is 60.7 Å². The number of ether oxygens (including phenoxy) is 2. The Kier molecular flexibility index (Phi) is 7.57. The van der Waals surface area contributed by atoms with E-state index in [9.17, 15) is 4.79 Å². The molecule has 3 aromatic rings. The Labute approximate surface area is 191 Å². The molecule has 0 saturated carbocycles. The van der Waals surface area contributed by atoms with Gasteiger partial charge in [0.2, 0.25) is 0 Å². The Balaban J connectivity index is 1.73. The van der Waals surface area contributed by atoms with Crippen molar-refractivity contribution in [3.63, 3.8) is 0 Å². The lowest BCUT2D eigenvalue weighted by Crippen LogP contribution is -2.26. The zero-order valence-electron chi connectivity index (χ0n) is 19.6. The molecule has 0 heterocycles. The molecule has 1 atom stereocenters. The zero-order chi connectivity index (χ0) is 23.1. The van der Waals surface area contributed by atoms with Gasteiger partial charge >= 0.3 is 0 Å². The molecule has 3 aromatic carbocycles. The van der Waals surface area contributed by atoms with E-state index in [1.54, 1.807) is 6.07 Å². The summed E-state index contributed by atoms with van der Waals surface area (Å²) in [5.41, 5.74) is 3.84. The molecule has 0 aliphatic heterocycles. The van der Waals surface area contributed by atoms with E-state index in [2.05, 4.69) is 38.2 Å². The fourth-order valence-corrected chi connectivity index (χ4v) is 3.45. The first kappa shape index (κ1) is 23.4. The smallest absolute Gasteiger partial charge is 0.251 e. The first-order valence-corrected chi connectivity index (χ1v) is 11.1. The van der Waals surface area contributed by atoms with Crippen LogP contribution in [0.3, 0.4) is 0 Å². The standard InChI is InChI=1S/C28H33NO3/c1-6-31-26-17-12-22(27(30)29-20(2)21-10-8-7-9-11-21)18-23(26)19-32-25-15-13-24(14-16-25)28(3,4)5/h7-18,20H,6,19H2,1-5H3,(H,29,30)/t20-/m0/s1. The van der Waals surface area contributed by atoms with Gasteiger partial charge in [-0.25, -0.2) is 0 Å². The van der Waals surface area contributed by atoms with Crippen LogP contribution in [0.5, 0.6) is 11.5 Å². The molecule has 168 valence electrons. The van der Waals surface area contributed by atoms with Crippen LogP contribution in [0.25, 0.3) is 0 Å². The van der Waals surface area contributed by atoms with E-state index in [0.717, 1.165) is 22.6 Å². The molecule has 0 saturated heterocycles. The molecule has 0 aliphatic rings. The van der Waals surface area contributed by atoms with Gasteiger partial charge in [0.15, 0.2) is 0 Å². The average Bonchev–Trinajstić information content (AvgIpc) is 2.78. The summed E-state index contributed by atoms with van der Waals surface area (Å²) in [6, 6.07) is 23.5. The highest BCUT2D eigenvalue weighted by Crippen LogP contribution is 2.26. The van der Waals surface area contributed by atoms with Crippen LogP contribution in [0.15, 0.2) is 72.8 Å². The Morgan fingerprint density at radius 3 is 2.25 bits per heavy atom. The van der Waals surface area contributed by atoms with Crippen molar-refractivity contribution in [2.45, 2.75) is 52.7 Å². The predicted octanol–water partition coefficient (Wildman–Crippen LogP) is 6.45. The van der Waals surface area contributed by atoms with Crippen molar-refractivity contribution in [1.29, 1.82) is 0 Å². The van der Waals surface area contributed by atoms with Crippen molar-refractivity contribution in [3.8, 4) is 11.5 Å². The van der Waals surface area contributed by atoms with Crippen molar-refractivity contribution >= 4 is 5.91 Å². The fourth-order valence-electron chi connectivity index (χ4n) is 3.45. The normalized spacial score (nSPS) is 12.2. The number of rotatable bonds is 8. The fraction of sp³-hybridized carbons (Fsp3) is 0.321. The van der Waals surface area contributed by atoms with Crippen LogP contribution in [0, 0.1) is 0 Å². The highest BCUT2D eigenvalue weighted by atomic mass is 16.5. The summed E-state index contributed by atoms with van der Waals surface area (Å²) in [4.78, 5) is 12.9. The van der Waals surface area contributed by atoms with E-state index in [1.165, 1.54) is 5.56 Å². The molecule has 1 amide bonds. The molecule has 3 rings (SSSR count). The van der Waals surface area contributed by atoms with E-state index in [4.69, 9.17) is 9.47 Å². The van der Waals surface area contributed by atoms with Crippen LogP contribution in [0.1, 0.15) is 67.7 Å². The topological polar surface area (TPSA) is 47.6 Å². The Morgan fingerprint density at radius 2 is 1.62 bits per heavy atom.